The summed E-state index contributed by atoms with van der Waals surface area (Å²) >= 11 is 9.76. The summed E-state index contributed by atoms with van der Waals surface area (Å²) in [6, 6.07) is 1.89. The number of hydrogen-bond acceptors (Lipinski definition) is 3. The summed E-state index contributed by atoms with van der Waals surface area (Å²) in [5, 5.41) is 0. The molecule has 94 valence electrons. The lowest BCUT2D eigenvalue weighted by atomic mass is 10.1. The third-order valence-corrected chi connectivity index (χ3v) is 4.98. The molecule has 1 atom stereocenters. The van der Waals surface area contributed by atoms with Gasteiger partial charge in [0, 0.05) is 19.5 Å². The van der Waals surface area contributed by atoms with Crippen molar-refractivity contribution in [2.24, 2.45) is 11.7 Å². The fourth-order valence-corrected chi connectivity index (χ4v) is 2.94. The second-order valence-electron chi connectivity index (χ2n) is 4.06. The Morgan fingerprint density at radius 3 is 2.71 bits per heavy atom. The van der Waals surface area contributed by atoms with Crippen LogP contribution in [0.1, 0.15) is 22.2 Å². The number of carbonyl (C=O) groups excluding carboxylic acids is 1. The predicted molar refractivity (Wildman–Crippen MR) is 79.7 cm³/mol. The van der Waals surface area contributed by atoms with Gasteiger partial charge in [-0.25, -0.2) is 0 Å². The topological polar surface area (TPSA) is 46.3 Å². The van der Waals surface area contributed by atoms with Crippen molar-refractivity contribution in [3.8, 4) is 0 Å². The van der Waals surface area contributed by atoms with E-state index in [1.54, 1.807) is 11.9 Å². The molecule has 1 aromatic heterocycles. The molecule has 0 fully saturated rings. The fourth-order valence-electron chi connectivity index (χ4n) is 1.34. The molecule has 1 amide bonds. The van der Waals surface area contributed by atoms with E-state index in [9.17, 15) is 4.79 Å². The van der Waals surface area contributed by atoms with Crippen LogP contribution in [0.2, 0.25) is 0 Å². The predicted octanol–water partition coefficient (Wildman–Crippen LogP) is 2.81. The fraction of sp³-hybridized carbons (Fsp3) is 0.455. The monoisotopic (exact) mass is 334 g/mol. The third-order valence-electron chi connectivity index (χ3n) is 2.45. The van der Waals surface area contributed by atoms with Gasteiger partial charge >= 0.3 is 0 Å². The van der Waals surface area contributed by atoms with E-state index >= 15 is 0 Å². The second-order valence-corrected chi connectivity index (χ2v) is 6.90. The first-order valence-electron chi connectivity index (χ1n) is 5.13. The van der Waals surface area contributed by atoms with Gasteiger partial charge in [0.25, 0.3) is 5.91 Å². The summed E-state index contributed by atoms with van der Waals surface area (Å²) in [6.45, 7) is 4.43. The first-order chi connectivity index (χ1) is 7.82. The van der Waals surface area contributed by atoms with Crippen LogP contribution in [0.15, 0.2) is 9.85 Å². The Morgan fingerprint density at radius 1 is 1.71 bits per heavy atom. The highest BCUT2D eigenvalue weighted by Crippen LogP contribution is 2.28. The van der Waals surface area contributed by atoms with Gasteiger partial charge < -0.3 is 10.6 Å². The van der Waals surface area contributed by atoms with Crippen molar-refractivity contribution < 1.29 is 4.79 Å². The molecule has 1 unspecified atom stereocenters. The minimum Gasteiger partial charge on any atom is -0.393 e. The molecule has 0 spiro atoms. The highest BCUT2D eigenvalue weighted by molar-refractivity contribution is 9.11. The van der Waals surface area contributed by atoms with Crippen LogP contribution in [0.3, 0.4) is 0 Å². The number of nitrogens with zero attached hydrogens (tertiary/aromatic N) is 1. The van der Waals surface area contributed by atoms with Gasteiger partial charge in [0.2, 0.25) is 0 Å². The van der Waals surface area contributed by atoms with Crippen LogP contribution in [0.25, 0.3) is 0 Å². The number of aryl methyl sites for hydroxylation is 1. The van der Waals surface area contributed by atoms with Crippen molar-refractivity contribution in [2.75, 3.05) is 13.6 Å². The average molecular weight is 335 g/mol. The maximum Gasteiger partial charge on any atom is 0.263 e. The quantitative estimate of drug-likeness (QED) is 0.861. The lowest BCUT2D eigenvalue weighted by Crippen LogP contribution is -2.35. The van der Waals surface area contributed by atoms with E-state index in [1.165, 1.54) is 11.3 Å². The smallest absolute Gasteiger partial charge is 0.263 e. The number of rotatable bonds is 4. The summed E-state index contributed by atoms with van der Waals surface area (Å²) in [7, 11) is 1.76. The minimum absolute atomic E-state index is 0.00639. The summed E-state index contributed by atoms with van der Waals surface area (Å²) in [5.74, 6) is 0.0374. The van der Waals surface area contributed by atoms with Gasteiger partial charge in [-0.1, -0.05) is 19.1 Å². The SMILES string of the molecule is Cc1cc(C(=O)N(C)CC(C)C(N)=S)sc1Br. The molecule has 1 rings (SSSR count). The van der Waals surface area contributed by atoms with Crippen LogP contribution >= 0.6 is 39.5 Å². The molecular formula is C11H15BrN2OS2. The summed E-state index contributed by atoms with van der Waals surface area (Å²) < 4.78 is 0.997. The van der Waals surface area contributed by atoms with E-state index < -0.39 is 0 Å². The summed E-state index contributed by atoms with van der Waals surface area (Å²) in [5.41, 5.74) is 6.62. The molecule has 0 saturated carbocycles. The summed E-state index contributed by atoms with van der Waals surface area (Å²) in [4.78, 5) is 14.9. The molecule has 0 bridgehead atoms. The van der Waals surface area contributed by atoms with E-state index in [0.29, 0.717) is 11.5 Å². The Morgan fingerprint density at radius 2 is 2.29 bits per heavy atom. The Bertz CT molecular complexity index is 425. The number of thiocarbonyl (C=S) groups is 1. The zero-order chi connectivity index (χ0) is 13.2. The number of thiophene rings is 1. The van der Waals surface area contributed by atoms with Crippen molar-refractivity contribution >= 4 is 50.4 Å². The molecule has 0 aliphatic heterocycles. The highest BCUT2D eigenvalue weighted by atomic mass is 79.9. The molecule has 1 aromatic rings. The van der Waals surface area contributed by atoms with Crippen LogP contribution in [0, 0.1) is 12.8 Å². The Hall–Kier alpha value is -0.460. The largest absolute Gasteiger partial charge is 0.393 e. The van der Waals surface area contributed by atoms with Crippen molar-refractivity contribution in [3.05, 3.63) is 20.3 Å². The van der Waals surface area contributed by atoms with E-state index in [2.05, 4.69) is 15.9 Å². The molecule has 2 N–H and O–H groups in total. The highest BCUT2D eigenvalue weighted by Gasteiger charge is 2.18. The molecule has 17 heavy (non-hydrogen) atoms. The van der Waals surface area contributed by atoms with Crippen LogP contribution in [0.5, 0.6) is 0 Å². The van der Waals surface area contributed by atoms with Gasteiger partial charge in [0.15, 0.2) is 0 Å². The second kappa shape index (κ2) is 5.93. The van der Waals surface area contributed by atoms with E-state index in [4.69, 9.17) is 18.0 Å². The van der Waals surface area contributed by atoms with Crippen molar-refractivity contribution in [2.45, 2.75) is 13.8 Å². The molecular weight excluding hydrogens is 320 g/mol. The van der Waals surface area contributed by atoms with E-state index in [1.807, 2.05) is 19.9 Å². The molecule has 0 saturated heterocycles. The van der Waals surface area contributed by atoms with Crippen molar-refractivity contribution in [3.63, 3.8) is 0 Å². The molecule has 0 aliphatic rings. The normalized spacial score (nSPS) is 12.2. The maximum absolute atomic E-state index is 12.1. The van der Waals surface area contributed by atoms with Gasteiger partial charge in [-0.3, -0.25) is 4.79 Å². The minimum atomic E-state index is 0.00639. The van der Waals surface area contributed by atoms with E-state index in [-0.39, 0.29) is 11.8 Å². The molecule has 0 aromatic carbocycles. The Kier molecular flexibility index (Phi) is 5.09. The van der Waals surface area contributed by atoms with Crippen molar-refractivity contribution in [1.29, 1.82) is 0 Å². The van der Waals surface area contributed by atoms with Crippen molar-refractivity contribution in [1.82, 2.24) is 4.90 Å². The third kappa shape index (κ3) is 3.76. The lowest BCUT2D eigenvalue weighted by Gasteiger charge is -2.20. The molecule has 1 heterocycles. The first-order valence-corrected chi connectivity index (χ1v) is 7.15. The maximum atomic E-state index is 12.1. The van der Waals surface area contributed by atoms with Gasteiger partial charge in [-0.05, 0) is 34.5 Å². The Balaban J connectivity index is 2.73. The van der Waals surface area contributed by atoms with Crippen LogP contribution in [-0.2, 0) is 0 Å². The van der Waals surface area contributed by atoms with Crippen LogP contribution in [-0.4, -0.2) is 29.4 Å². The molecule has 0 radical (unpaired) electrons. The lowest BCUT2D eigenvalue weighted by molar-refractivity contribution is 0.0791. The molecule has 6 heteroatoms. The summed E-state index contributed by atoms with van der Waals surface area (Å²) in [6.07, 6.45) is 0. The van der Waals surface area contributed by atoms with Crippen LogP contribution < -0.4 is 5.73 Å². The Labute approximate surface area is 119 Å². The molecule has 3 nitrogen and oxygen atoms in total. The number of halogens is 1. The standard InChI is InChI=1S/C11H15BrN2OS2/c1-6-4-8(17-9(6)12)11(15)14(3)5-7(2)10(13)16/h4,7H,5H2,1-3H3,(H2,13,16). The zero-order valence-electron chi connectivity index (χ0n) is 9.99. The van der Waals surface area contributed by atoms with Crippen LogP contribution in [0.4, 0.5) is 0 Å². The molecule has 0 aliphatic carbocycles. The van der Waals surface area contributed by atoms with Gasteiger partial charge in [-0.2, -0.15) is 0 Å². The van der Waals surface area contributed by atoms with Gasteiger partial charge in [-0.15, -0.1) is 11.3 Å². The number of nitrogens with two attached hydrogens (primary N) is 1. The number of amides is 1. The number of carbonyl (C=O) groups is 1. The number of hydrogen-bond donors (Lipinski definition) is 1. The zero-order valence-corrected chi connectivity index (χ0v) is 13.2. The average Bonchev–Trinajstić information content (AvgIpc) is 2.57. The van der Waals surface area contributed by atoms with Gasteiger partial charge in [0.1, 0.15) is 0 Å². The van der Waals surface area contributed by atoms with E-state index in [0.717, 1.165) is 14.2 Å². The first kappa shape index (κ1) is 14.6. The van der Waals surface area contributed by atoms with Gasteiger partial charge in [0.05, 0.1) is 13.7 Å².